The molecular formula is C19H15ClN4O4S. The van der Waals surface area contributed by atoms with Crippen molar-refractivity contribution in [3.8, 4) is 11.4 Å². The minimum Gasteiger partial charge on any atom is -0.483 e. The van der Waals surface area contributed by atoms with Crippen LogP contribution >= 0.6 is 22.9 Å². The predicted molar refractivity (Wildman–Crippen MR) is 107 cm³/mol. The van der Waals surface area contributed by atoms with Gasteiger partial charge in [0.2, 0.25) is 0 Å². The number of hydrogen-bond acceptors (Lipinski definition) is 6. The molecule has 10 heteroatoms. The quantitative estimate of drug-likeness (QED) is 0.686. The fourth-order valence-corrected chi connectivity index (χ4v) is 4.32. The zero-order chi connectivity index (χ0) is 20.0. The molecule has 0 saturated carbocycles. The van der Waals surface area contributed by atoms with Gasteiger partial charge in [0.15, 0.2) is 5.82 Å². The Labute approximate surface area is 174 Å². The average molecular weight is 431 g/mol. The lowest BCUT2D eigenvalue weighted by atomic mass is 10.2. The molecule has 1 fully saturated rings. The number of thiophene rings is 1. The van der Waals surface area contributed by atoms with Crippen LogP contribution in [0.4, 0.5) is 10.5 Å². The van der Waals surface area contributed by atoms with Crippen molar-refractivity contribution in [1.29, 1.82) is 0 Å². The Bertz CT molecular complexity index is 1110. The number of cyclic esters (lactones) is 1. The Morgan fingerprint density at radius 2 is 2.24 bits per heavy atom. The first-order valence-electron chi connectivity index (χ1n) is 8.89. The van der Waals surface area contributed by atoms with E-state index < -0.39 is 12.2 Å². The van der Waals surface area contributed by atoms with Crippen molar-refractivity contribution in [2.45, 2.75) is 12.7 Å². The maximum atomic E-state index is 12.3. The van der Waals surface area contributed by atoms with E-state index in [4.69, 9.17) is 21.1 Å². The van der Waals surface area contributed by atoms with Crippen LogP contribution in [0.15, 0.2) is 42.7 Å². The molecule has 1 atom stereocenters. The van der Waals surface area contributed by atoms with E-state index in [-0.39, 0.29) is 12.5 Å². The molecule has 29 heavy (non-hydrogen) atoms. The second-order valence-corrected chi connectivity index (χ2v) is 8.30. The Morgan fingerprint density at radius 3 is 3.07 bits per heavy atom. The fraction of sp³-hybridized carbons (Fsp3) is 0.211. The number of ether oxygens (including phenoxy) is 2. The van der Waals surface area contributed by atoms with E-state index in [0.29, 0.717) is 33.8 Å². The molecule has 0 unspecified atom stereocenters. The van der Waals surface area contributed by atoms with Gasteiger partial charge >= 0.3 is 6.09 Å². The van der Waals surface area contributed by atoms with Crippen LogP contribution in [-0.4, -0.2) is 40.7 Å². The molecule has 0 bridgehead atoms. The first-order chi connectivity index (χ1) is 14.1. The van der Waals surface area contributed by atoms with Gasteiger partial charge in [-0.25, -0.2) is 9.78 Å². The lowest BCUT2D eigenvalue weighted by Gasteiger charge is -2.22. The van der Waals surface area contributed by atoms with Gasteiger partial charge < -0.3 is 14.8 Å². The molecule has 1 aromatic carbocycles. The van der Waals surface area contributed by atoms with Gasteiger partial charge in [-0.2, -0.15) is 0 Å². The molecule has 3 aromatic rings. The lowest BCUT2D eigenvalue weighted by Crippen LogP contribution is -2.34. The van der Waals surface area contributed by atoms with E-state index in [2.05, 4.69) is 10.3 Å². The third-order valence-electron chi connectivity index (χ3n) is 4.75. The number of nitrogens with zero attached hydrogens (tertiary/aromatic N) is 3. The smallest absolute Gasteiger partial charge is 0.414 e. The third-order valence-corrected chi connectivity index (χ3v) is 5.98. The monoisotopic (exact) mass is 430 g/mol. The molecule has 8 nitrogen and oxygen atoms in total. The maximum Gasteiger partial charge on any atom is 0.414 e. The molecular weight excluding hydrogens is 416 g/mol. The van der Waals surface area contributed by atoms with Gasteiger partial charge in [-0.05, 0) is 24.3 Å². The van der Waals surface area contributed by atoms with Crippen molar-refractivity contribution < 1.29 is 19.1 Å². The number of carbonyl (C=O) groups excluding carboxylic acids is 2. The Morgan fingerprint density at radius 1 is 1.34 bits per heavy atom. The van der Waals surface area contributed by atoms with E-state index >= 15 is 0 Å². The summed E-state index contributed by atoms with van der Waals surface area (Å²) in [7, 11) is 0. The molecule has 148 valence electrons. The van der Waals surface area contributed by atoms with Crippen LogP contribution in [0.2, 0.25) is 4.34 Å². The number of fused-ring (bicyclic) bond motifs is 3. The van der Waals surface area contributed by atoms with Crippen molar-refractivity contribution in [3.63, 3.8) is 0 Å². The zero-order valence-electron chi connectivity index (χ0n) is 15.0. The normalized spacial score (nSPS) is 17.3. The Hall–Kier alpha value is -3.04. The van der Waals surface area contributed by atoms with Crippen molar-refractivity contribution in [1.82, 2.24) is 14.9 Å². The van der Waals surface area contributed by atoms with Gasteiger partial charge in [0, 0.05) is 18.5 Å². The molecule has 2 aliphatic rings. The number of rotatable bonds is 4. The summed E-state index contributed by atoms with van der Waals surface area (Å²) in [6, 6.07) is 8.87. The minimum atomic E-state index is -0.456. The predicted octanol–water partition coefficient (Wildman–Crippen LogP) is 3.23. The number of hydrogen-bond donors (Lipinski definition) is 1. The van der Waals surface area contributed by atoms with E-state index in [0.717, 1.165) is 11.5 Å². The van der Waals surface area contributed by atoms with Crippen molar-refractivity contribution in [2.24, 2.45) is 0 Å². The van der Waals surface area contributed by atoms with Crippen LogP contribution in [-0.2, 0) is 11.3 Å². The highest BCUT2D eigenvalue weighted by molar-refractivity contribution is 7.17. The van der Waals surface area contributed by atoms with Crippen molar-refractivity contribution >= 4 is 40.6 Å². The minimum absolute atomic E-state index is 0.219. The summed E-state index contributed by atoms with van der Waals surface area (Å²) in [5, 5.41) is 2.78. The van der Waals surface area contributed by atoms with Gasteiger partial charge in [0.1, 0.15) is 18.5 Å². The van der Waals surface area contributed by atoms with Crippen LogP contribution in [0, 0.1) is 0 Å². The molecule has 0 aliphatic carbocycles. The average Bonchev–Trinajstić information content (AvgIpc) is 3.45. The first-order valence-corrected chi connectivity index (χ1v) is 10.1. The van der Waals surface area contributed by atoms with Crippen LogP contribution in [0.5, 0.6) is 5.75 Å². The Kier molecular flexibility index (Phi) is 4.40. The van der Waals surface area contributed by atoms with E-state index in [1.807, 2.05) is 29.0 Å². The van der Waals surface area contributed by atoms with Gasteiger partial charge in [-0.15, -0.1) is 11.3 Å². The van der Waals surface area contributed by atoms with Gasteiger partial charge in [0.05, 0.1) is 33.7 Å². The van der Waals surface area contributed by atoms with E-state index in [1.165, 1.54) is 16.2 Å². The van der Waals surface area contributed by atoms with Gasteiger partial charge in [0.25, 0.3) is 5.91 Å². The van der Waals surface area contributed by atoms with Crippen LogP contribution in [0.3, 0.4) is 0 Å². The highest BCUT2D eigenvalue weighted by Crippen LogP contribution is 2.34. The molecule has 2 aliphatic heterocycles. The van der Waals surface area contributed by atoms with Gasteiger partial charge in [-0.3, -0.25) is 14.3 Å². The van der Waals surface area contributed by atoms with Crippen LogP contribution < -0.4 is 15.0 Å². The summed E-state index contributed by atoms with van der Waals surface area (Å²) >= 11 is 7.06. The second kappa shape index (κ2) is 7.09. The summed E-state index contributed by atoms with van der Waals surface area (Å²) < 4.78 is 13.7. The zero-order valence-corrected chi connectivity index (χ0v) is 16.6. The number of aromatic nitrogens is 2. The van der Waals surface area contributed by atoms with Crippen LogP contribution in [0.1, 0.15) is 15.5 Å². The topological polar surface area (TPSA) is 85.7 Å². The molecule has 2 amide bonds. The number of carbonyl (C=O) groups is 2. The summed E-state index contributed by atoms with van der Waals surface area (Å²) in [6.45, 7) is 0.922. The number of anilines is 1. The molecule has 1 saturated heterocycles. The van der Waals surface area contributed by atoms with E-state index in [9.17, 15) is 9.59 Å². The first kappa shape index (κ1) is 18.0. The maximum absolute atomic E-state index is 12.3. The highest BCUT2D eigenvalue weighted by Gasteiger charge is 2.33. The van der Waals surface area contributed by atoms with Crippen molar-refractivity contribution in [2.75, 3.05) is 18.0 Å². The largest absolute Gasteiger partial charge is 0.483 e. The number of imidazole rings is 1. The molecule has 2 aromatic heterocycles. The van der Waals surface area contributed by atoms with E-state index in [1.54, 1.807) is 18.3 Å². The lowest BCUT2D eigenvalue weighted by molar-refractivity contribution is 0.0920. The summed E-state index contributed by atoms with van der Waals surface area (Å²) in [4.78, 5) is 30.8. The molecule has 1 N–H and O–H groups in total. The number of nitrogens with one attached hydrogen (secondary N) is 1. The fourth-order valence-electron chi connectivity index (χ4n) is 3.36. The molecule has 5 rings (SSSR count). The number of benzene rings is 1. The molecule has 4 heterocycles. The van der Waals surface area contributed by atoms with Crippen LogP contribution in [0.25, 0.3) is 5.69 Å². The Balaban J connectivity index is 1.27. The highest BCUT2D eigenvalue weighted by atomic mass is 35.5. The van der Waals surface area contributed by atoms with Gasteiger partial charge in [-0.1, -0.05) is 11.6 Å². The summed E-state index contributed by atoms with van der Waals surface area (Å²) in [6.07, 6.45) is 2.70. The summed E-state index contributed by atoms with van der Waals surface area (Å²) in [5.74, 6) is 1.26. The molecule has 0 spiro atoms. The third kappa shape index (κ3) is 3.32. The van der Waals surface area contributed by atoms with Crippen molar-refractivity contribution in [3.05, 3.63) is 57.8 Å². The summed E-state index contributed by atoms with van der Waals surface area (Å²) in [5.41, 5.74) is 1.55. The SMILES string of the molecule is O=C(NC[C@H]1CN(c2ccc3c(c2)OCc2nccn2-3)C(=O)O1)c1ccc(Cl)s1. The number of amides is 2. The second-order valence-electron chi connectivity index (χ2n) is 6.58. The standard InChI is InChI=1S/C19H15ClN4O4S/c20-16-4-3-15(29-16)18(25)22-8-12-9-24(19(26)28-12)11-1-2-13-14(7-11)27-10-17-21-5-6-23(13)17/h1-7,12H,8-10H2,(H,22,25)/t12-/m0/s1. The number of halogens is 1. The molecule has 0 radical (unpaired) electrons.